The Hall–Kier alpha value is -3.37. The number of nitrogens with one attached hydrogen (secondary N) is 1. The number of phenols is 1. The maximum Gasteiger partial charge on any atom is 0.299 e. The number of phenolic OH excluding ortho intramolecular Hbond substituents is 1. The second-order valence-corrected chi connectivity index (χ2v) is 8.28. The lowest BCUT2D eigenvalue weighted by Crippen LogP contribution is -2.04. The summed E-state index contributed by atoms with van der Waals surface area (Å²) in [7, 11) is -1.53. The largest absolute Gasteiger partial charge is 0.505 e. The van der Waals surface area contributed by atoms with E-state index < -0.39 is 10.1 Å². The summed E-state index contributed by atoms with van der Waals surface area (Å²) in [5, 5.41) is 31.1. The van der Waals surface area contributed by atoms with Gasteiger partial charge in [-0.2, -0.15) is 23.8 Å². The van der Waals surface area contributed by atoms with Crippen LogP contribution in [0.15, 0.2) is 67.8 Å². The standard InChI is InChI=1S/C21H23N5O4S/c1-5-23-17-8-6-7-14-12-18(31(28,29)30-4)20(21(27)19(14)17)26-24-15-9-10-16(25-22-3)13(2)11-15/h6-12,23,27H,5H2,1-4H3. The zero-order valence-corrected chi connectivity index (χ0v) is 18.4. The lowest BCUT2D eigenvalue weighted by atomic mass is 10.1. The number of aromatic hydroxyl groups is 1. The molecule has 0 amide bonds. The van der Waals surface area contributed by atoms with Gasteiger partial charge >= 0.3 is 0 Å². The Balaban J connectivity index is 2.23. The van der Waals surface area contributed by atoms with Crippen LogP contribution in [0, 0.1) is 6.92 Å². The van der Waals surface area contributed by atoms with Crippen molar-refractivity contribution in [2.75, 3.05) is 26.0 Å². The number of hydrogen-bond acceptors (Lipinski definition) is 9. The Labute approximate surface area is 180 Å². The number of azo groups is 2. The number of anilines is 1. The van der Waals surface area contributed by atoms with Crippen molar-refractivity contribution in [3.63, 3.8) is 0 Å². The molecule has 3 aromatic rings. The van der Waals surface area contributed by atoms with Gasteiger partial charge in [0, 0.05) is 24.7 Å². The lowest BCUT2D eigenvalue weighted by molar-refractivity contribution is 0.397. The third-order valence-corrected chi connectivity index (χ3v) is 5.88. The van der Waals surface area contributed by atoms with E-state index in [1.54, 1.807) is 43.4 Å². The zero-order valence-electron chi connectivity index (χ0n) is 17.6. The van der Waals surface area contributed by atoms with Crippen LogP contribution in [0.5, 0.6) is 5.75 Å². The van der Waals surface area contributed by atoms with E-state index >= 15 is 0 Å². The minimum absolute atomic E-state index is 0.199. The highest BCUT2D eigenvalue weighted by atomic mass is 32.2. The van der Waals surface area contributed by atoms with Crippen molar-refractivity contribution >= 4 is 43.6 Å². The molecule has 3 rings (SSSR count). The van der Waals surface area contributed by atoms with Gasteiger partial charge in [0.25, 0.3) is 10.1 Å². The summed E-state index contributed by atoms with van der Waals surface area (Å²) in [5.41, 5.74) is 2.43. The minimum Gasteiger partial charge on any atom is -0.505 e. The fraction of sp³-hybridized carbons (Fsp3) is 0.238. The molecule has 0 aliphatic rings. The summed E-state index contributed by atoms with van der Waals surface area (Å²) in [6.07, 6.45) is 0. The molecule has 31 heavy (non-hydrogen) atoms. The highest BCUT2D eigenvalue weighted by Gasteiger charge is 2.25. The highest BCUT2D eigenvalue weighted by molar-refractivity contribution is 7.87. The van der Waals surface area contributed by atoms with Gasteiger partial charge in [0.15, 0.2) is 5.75 Å². The van der Waals surface area contributed by atoms with Crippen LogP contribution >= 0.6 is 0 Å². The molecule has 0 saturated carbocycles. The second kappa shape index (κ2) is 9.19. The first-order valence-electron chi connectivity index (χ1n) is 9.47. The van der Waals surface area contributed by atoms with Gasteiger partial charge in [0.2, 0.25) is 0 Å². The van der Waals surface area contributed by atoms with Crippen LogP contribution in [-0.4, -0.2) is 34.2 Å². The average Bonchev–Trinajstić information content (AvgIpc) is 2.75. The molecule has 0 unspecified atom stereocenters. The van der Waals surface area contributed by atoms with E-state index in [4.69, 9.17) is 0 Å². The van der Waals surface area contributed by atoms with Crippen molar-refractivity contribution in [2.24, 2.45) is 20.5 Å². The molecule has 0 spiro atoms. The van der Waals surface area contributed by atoms with E-state index in [-0.39, 0.29) is 16.3 Å². The maximum atomic E-state index is 12.5. The van der Waals surface area contributed by atoms with Crippen molar-refractivity contribution < 1.29 is 17.7 Å². The van der Waals surface area contributed by atoms with Crippen LogP contribution in [0.25, 0.3) is 10.8 Å². The first-order valence-corrected chi connectivity index (χ1v) is 10.9. The topological polar surface area (TPSA) is 125 Å². The number of hydrogen-bond donors (Lipinski definition) is 2. The van der Waals surface area contributed by atoms with Crippen LogP contribution in [0.4, 0.5) is 22.7 Å². The monoisotopic (exact) mass is 441 g/mol. The Morgan fingerprint density at radius 1 is 1.10 bits per heavy atom. The summed E-state index contributed by atoms with van der Waals surface area (Å²) in [6.45, 7) is 4.39. The van der Waals surface area contributed by atoms with Crippen LogP contribution < -0.4 is 5.32 Å². The Bertz CT molecular complexity index is 1290. The normalized spacial score (nSPS) is 12.3. The van der Waals surface area contributed by atoms with Crippen LogP contribution in [0.3, 0.4) is 0 Å². The maximum absolute atomic E-state index is 12.5. The molecule has 0 aliphatic heterocycles. The Morgan fingerprint density at radius 3 is 2.52 bits per heavy atom. The molecule has 0 fully saturated rings. The van der Waals surface area contributed by atoms with Crippen LogP contribution in [-0.2, 0) is 14.3 Å². The van der Waals surface area contributed by atoms with E-state index in [2.05, 4.69) is 30.0 Å². The molecule has 0 atom stereocenters. The molecule has 0 bridgehead atoms. The molecule has 3 aromatic carbocycles. The van der Waals surface area contributed by atoms with E-state index in [1.807, 2.05) is 13.8 Å². The average molecular weight is 442 g/mol. The van der Waals surface area contributed by atoms with Crippen LogP contribution in [0.1, 0.15) is 12.5 Å². The number of aryl methyl sites for hydroxylation is 1. The molecule has 9 nitrogen and oxygen atoms in total. The Morgan fingerprint density at radius 2 is 1.87 bits per heavy atom. The van der Waals surface area contributed by atoms with Crippen molar-refractivity contribution in [3.8, 4) is 5.75 Å². The molecule has 0 aromatic heterocycles. The summed E-state index contributed by atoms with van der Waals surface area (Å²) < 4.78 is 29.8. The first kappa shape index (κ1) is 22.3. The zero-order chi connectivity index (χ0) is 22.6. The van der Waals surface area contributed by atoms with E-state index in [0.717, 1.165) is 12.7 Å². The highest BCUT2D eigenvalue weighted by Crippen LogP contribution is 2.44. The third kappa shape index (κ3) is 4.54. The van der Waals surface area contributed by atoms with Gasteiger partial charge in [-0.25, -0.2) is 0 Å². The minimum atomic E-state index is -4.16. The molecule has 0 saturated heterocycles. The molecule has 2 N–H and O–H groups in total. The predicted octanol–water partition coefficient (Wildman–Crippen LogP) is 5.75. The fourth-order valence-electron chi connectivity index (χ4n) is 3.14. The second-order valence-electron chi connectivity index (χ2n) is 6.60. The quantitative estimate of drug-likeness (QED) is 0.357. The summed E-state index contributed by atoms with van der Waals surface area (Å²) in [4.78, 5) is -0.273. The first-order chi connectivity index (χ1) is 14.8. The number of nitrogens with zero attached hydrogens (tertiary/aromatic N) is 4. The van der Waals surface area contributed by atoms with Gasteiger partial charge in [-0.15, -0.1) is 5.11 Å². The van der Waals surface area contributed by atoms with Crippen molar-refractivity contribution in [3.05, 3.63) is 48.0 Å². The van der Waals surface area contributed by atoms with E-state index in [9.17, 15) is 13.5 Å². The summed E-state index contributed by atoms with van der Waals surface area (Å²) in [6, 6.07) is 11.8. The third-order valence-electron chi connectivity index (χ3n) is 4.59. The molecule has 0 radical (unpaired) electrons. The molecule has 0 heterocycles. The molecule has 0 aliphatic carbocycles. The van der Waals surface area contributed by atoms with Crippen molar-refractivity contribution in [1.82, 2.24) is 0 Å². The van der Waals surface area contributed by atoms with Crippen molar-refractivity contribution in [1.29, 1.82) is 0 Å². The summed E-state index contributed by atoms with van der Waals surface area (Å²) >= 11 is 0. The lowest BCUT2D eigenvalue weighted by Gasteiger charge is -2.14. The van der Waals surface area contributed by atoms with Gasteiger partial charge in [-0.1, -0.05) is 12.1 Å². The SMILES string of the molecule is CCNc1cccc2cc(S(=O)(=O)OC)c(N=Nc3ccc(N=NC)c(C)c3)c(O)c12. The van der Waals surface area contributed by atoms with Gasteiger partial charge in [0.05, 0.1) is 18.5 Å². The number of fused-ring (bicyclic) bond motifs is 1. The van der Waals surface area contributed by atoms with Gasteiger partial charge in [-0.05, 0) is 55.1 Å². The predicted molar refractivity (Wildman–Crippen MR) is 120 cm³/mol. The Kier molecular flexibility index (Phi) is 6.62. The fourth-order valence-corrected chi connectivity index (χ4v) is 3.97. The molecule has 10 heteroatoms. The van der Waals surface area contributed by atoms with E-state index in [0.29, 0.717) is 34.4 Å². The smallest absolute Gasteiger partial charge is 0.299 e. The van der Waals surface area contributed by atoms with E-state index in [1.165, 1.54) is 6.07 Å². The molecular formula is C21H23N5O4S. The molecule has 162 valence electrons. The molecular weight excluding hydrogens is 418 g/mol. The summed E-state index contributed by atoms with van der Waals surface area (Å²) in [5.74, 6) is -0.304. The number of benzene rings is 3. The van der Waals surface area contributed by atoms with Crippen molar-refractivity contribution in [2.45, 2.75) is 18.7 Å². The van der Waals surface area contributed by atoms with Gasteiger partial charge < -0.3 is 10.4 Å². The van der Waals surface area contributed by atoms with Gasteiger partial charge in [-0.3, -0.25) is 4.18 Å². The van der Waals surface area contributed by atoms with Crippen LogP contribution in [0.2, 0.25) is 0 Å². The van der Waals surface area contributed by atoms with Gasteiger partial charge in [0.1, 0.15) is 10.6 Å². The number of rotatable bonds is 7.